The molecule has 0 saturated carbocycles. The standard InChI is InChI=1S/C11H10BrNO3S2/c12-7-4-9(17-5-7)8-6-18-11(16)13(8)3-1-2-10(14)15/h4-6H,1-3H2,(H,14,15). The molecule has 0 aliphatic heterocycles. The number of nitrogens with zero attached hydrogens (tertiary/aromatic N) is 1. The third-order valence-corrected chi connectivity index (χ3v) is 4.85. The van der Waals surface area contributed by atoms with E-state index in [2.05, 4.69) is 15.9 Å². The van der Waals surface area contributed by atoms with Gasteiger partial charge < -0.3 is 5.11 Å². The average molecular weight is 348 g/mol. The first-order valence-electron chi connectivity index (χ1n) is 5.22. The van der Waals surface area contributed by atoms with Gasteiger partial charge in [-0.1, -0.05) is 11.3 Å². The van der Waals surface area contributed by atoms with E-state index in [4.69, 9.17) is 5.11 Å². The van der Waals surface area contributed by atoms with Crippen molar-refractivity contribution in [3.05, 3.63) is 31.0 Å². The molecule has 2 aromatic rings. The maximum atomic E-state index is 11.7. The third-order valence-electron chi connectivity index (χ3n) is 2.37. The quantitative estimate of drug-likeness (QED) is 0.902. The van der Waals surface area contributed by atoms with Crippen molar-refractivity contribution in [3.8, 4) is 10.6 Å². The van der Waals surface area contributed by atoms with E-state index in [0.717, 1.165) is 26.4 Å². The first-order chi connectivity index (χ1) is 8.58. The molecule has 0 aromatic carbocycles. The van der Waals surface area contributed by atoms with Gasteiger partial charge in [-0.2, -0.15) is 0 Å². The molecule has 0 unspecified atom stereocenters. The highest BCUT2D eigenvalue weighted by Gasteiger charge is 2.11. The molecule has 0 saturated heterocycles. The monoisotopic (exact) mass is 347 g/mol. The largest absolute Gasteiger partial charge is 0.481 e. The molecule has 0 fully saturated rings. The first kappa shape index (κ1) is 13.5. The molecular weight excluding hydrogens is 338 g/mol. The zero-order valence-electron chi connectivity index (χ0n) is 9.26. The number of thiophene rings is 1. The molecule has 0 bridgehead atoms. The van der Waals surface area contributed by atoms with Crippen LogP contribution in [0, 0.1) is 0 Å². The normalized spacial score (nSPS) is 10.7. The molecule has 0 radical (unpaired) electrons. The molecule has 7 heteroatoms. The van der Waals surface area contributed by atoms with Crippen LogP contribution in [-0.4, -0.2) is 15.6 Å². The van der Waals surface area contributed by atoms with Crippen molar-refractivity contribution in [2.45, 2.75) is 19.4 Å². The van der Waals surface area contributed by atoms with E-state index in [9.17, 15) is 9.59 Å². The summed E-state index contributed by atoms with van der Waals surface area (Å²) in [6.45, 7) is 0.444. The molecule has 96 valence electrons. The van der Waals surface area contributed by atoms with Crippen molar-refractivity contribution < 1.29 is 9.90 Å². The molecule has 0 amide bonds. The number of hydrogen-bond donors (Lipinski definition) is 1. The van der Waals surface area contributed by atoms with Gasteiger partial charge in [-0.15, -0.1) is 11.3 Å². The second-order valence-corrected chi connectivity index (χ2v) is 6.31. The minimum absolute atomic E-state index is 0.0417. The lowest BCUT2D eigenvalue weighted by molar-refractivity contribution is -0.137. The summed E-state index contributed by atoms with van der Waals surface area (Å²) in [4.78, 5) is 23.2. The highest BCUT2D eigenvalue weighted by atomic mass is 79.9. The van der Waals surface area contributed by atoms with Crippen LogP contribution in [0.5, 0.6) is 0 Å². The van der Waals surface area contributed by atoms with Crippen LogP contribution in [0.2, 0.25) is 0 Å². The number of carboxylic acid groups (broad SMARTS) is 1. The smallest absolute Gasteiger partial charge is 0.307 e. The average Bonchev–Trinajstić information content (AvgIpc) is 2.86. The second-order valence-electron chi connectivity index (χ2n) is 3.66. The SMILES string of the molecule is O=C(O)CCCn1c(-c2cc(Br)cs2)csc1=O. The molecular formula is C11H10BrNO3S2. The minimum atomic E-state index is -0.835. The lowest BCUT2D eigenvalue weighted by Crippen LogP contribution is -2.14. The van der Waals surface area contributed by atoms with Gasteiger partial charge >= 0.3 is 10.8 Å². The van der Waals surface area contributed by atoms with Crippen LogP contribution < -0.4 is 4.87 Å². The van der Waals surface area contributed by atoms with Gasteiger partial charge in [-0.3, -0.25) is 14.2 Å². The predicted molar refractivity (Wildman–Crippen MR) is 76.5 cm³/mol. The molecule has 2 aromatic heterocycles. The summed E-state index contributed by atoms with van der Waals surface area (Å²) in [7, 11) is 0. The Labute approximate surface area is 120 Å². The van der Waals surface area contributed by atoms with Gasteiger partial charge in [-0.05, 0) is 28.4 Å². The third kappa shape index (κ3) is 3.09. The summed E-state index contributed by atoms with van der Waals surface area (Å²) in [6.07, 6.45) is 0.543. The summed E-state index contributed by atoms with van der Waals surface area (Å²) >= 11 is 6.08. The molecule has 4 nitrogen and oxygen atoms in total. The zero-order valence-corrected chi connectivity index (χ0v) is 12.5. The maximum Gasteiger partial charge on any atom is 0.307 e. The topological polar surface area (TPSA) is 59.3 Å². The second kappa shape index (κ2) is 5.81. The van der Waals surface area contributed by atoms with Crippen LogP contribution in [-0.2, 0) is 11.3 Å². The number of aliphatic carboxylic acids is 1. The van der Waals surface area contributed by atoms with E-state index >= 15 is 0 Å². The van der Waals surface area contributed by atoms with Gasteiger partial charge in [0.15, 0.2) is 0 Å². The molecule has 2 heterocycles. The number of thiazole rings is 1. The summed E-state index contributed by atoms with van der Waals surface area (Å²) in [6, 6.07) is 1.96. The molecule has 0 aliphatic rings. The van der Waals surface area contributed by atoms with Gasteiger partial charge in [0.1, 0.15) is 0 Å². The summed E-state index contributed by atoms with van der Waals surface area (Å²) in [5.74, 6) is -0.835. The molecule has 0 aliphatic carbocycles. The Morgan fingerprint density at radius 3 is 2.78 bits per heavy atom. The van der Waals surface area contributed by atoms with Gasteiger partial charge in [-0.25, -0.2) is 0 Å². The van der Waals surface area contributed by atoms with Crippen LogP contribution in [0.15, 0.2) is 26.1 Å². The summed E-state index contributed by atoms with van der Waals surface area (Å²) in [5, 5.41) is 12.4. The molecule has 1 N–H and O–H groups in total. The molecule has 18 heavy (non-hydrogen) atoms. The van der Waals surface area contributed by atoms with Crippen molar-refractivity contribution in [3.63, 3.8) is 0 Å². The van der Waals surface area contributed by atoms with Gasteiger partial charge in [0.05, 0.1) is 10.6 Å². The first-order valence-corrected chi connectivity index (χ1v) is 7.77. The number of halogens is 1. The minimum Gasteiger partial charge on any atom is -0.481 e. The van der Waals surface area contributed by atoms with Crippen LogP contribution >= 0.6 is 38.6 Å². The van der Waals surface area contributed by atoms with E-state index in [0.29, 0.717) is 13.0 Å². The highest BCUT2D eigenvalue weighted by Crippen LogP contribution is 2.30. The molecule has 0 atom stereocenters. The molecule has 2 rings (SSSR count). The van der Waals surface area contributed by atoms with E-state index in [1.54, 1.807) is 15.9 Å². The fourth-order valence-electron chi connectivity index (χ4n) is 1.57. The van der Waals surface area contributed by atoms with E-state index in [1.165, 1.54) is 0 Å². The van der Waals surface area contributed by atoms with Crippen LogP contribution in [0.4, 0.5) is 0 Å². The number of carbonyl (C=O) groups is 1. The summed E-state index contributed by atoms with van der Waals surface area (Å²) in [5.41, 5.74) is 0.867. The predicted octanol–water partition coefficient (Wildman–Crippen LogP) is 3.27. The zero-order chi connectivity index (χ0) is 13.1. The van der Waals surface area contributed by atoms with Crippen LogP contribution in [0.3, 0.4) is 0 Å². The highest BCUT2D eigenvalue weighted by molar-refractivity contribution is 9.10. The van der Waals surface area contributed by atoms with E-state index < -0.39 is 5.97 Å². The van der Waals surface area contributed by atoms with E-state index in [-0.39, 0.29) is 11.3 Å². The van der Waals surface area contributed by atoms with Crippen LogP contribution in [0.25, 0.3) is 10.6 Å². The van der Waals surface area contributed by atoms with Gasteiger partial charge in [0.25, 0.3) is 0 Å². The van der Waals surface area contributed by atoms with E-state index in [1.807, 2.05) is 16.8 Å². The fourth-order valence-corrected chi connectivity index (χ4v) is 3.88. The van der Waals surface area contributed by atoms with Crippen LogP contribution in [0.1, 0.15) is 12.8 Å². The Balaban J connectivity index is 2.22. The lowest BCUT2D eigenvalue weighted by atomic mass is 10.3. The molecule has 0 spiro atoms. The Morgan fingerprint density at radius 1 is 1.39 bits per heavy atom. The Bertz CT molecular complexity index is 614. The summed E-state index contributed by atoms with van der Waals surface area (Å²) < 4.78 is 2.63. The van der Waals surface area contributed by atoms with Crippen molar-refractivity contribution in [1.82, 2.24) is 4.57 Å². The Kier molecular flexibility index (Phi) is 4.36. The maximum absolute atomic E-state index is 11.7. The Hall–Kier alpha value is -0.920. The van der Waals surface area contributed by atoms with Gasteiger partial charge in [0, 0.05) is 28.2 Å². The van der Waals surface area contributed by atoms with Crippen molar-refractivity contribution >= 4 is 44.6 Å². The number of rotatable bonds is 5. The number of hydrogen-bond acceptors (Lipinski definition) is 4. The lowest BCUT2D eigenvalue weighted by Gasteiger charge is -2.04. The van der Waals surface area contributed by atoms with Crippen molar-refractivity contribution in [1.29, 1.82) is 0 Å². The number of aromatic nitrogens is 1. The van der Waals surface area contributed by atoms with Gasteiger partial charge in [0.2, 0.25) is 0 Å². The number of carboxylic acids is 1. The van der Waals surface area contributed by atoms with Crippen molar-refractivity contribution in [2.75, 3.05) is 0 Å². The van der Waals surface area contributed by atoms with Crippen molar-refractivity contribution in [2.24, 2.45) is 0 Å². The fraction of sp³-hybridized carbons (Fsp3) is 0.273. The Morgan fingerprint density at radius 2 is 2.17 bits per heavy atom.